The largest absolute Gasteiger partial charge is 0.391 e. The van der Waals surface area contributed by atoms with Crippen molar-refractivity contribution in [1.82, 2.24) is 24.9 Å². The molecule has 102 valence electrons. The highest BCUT2D eigenvalue weighted by Crippen LogP contribution is 2.08. The molecule has 2 heterocycles. The summed E-state index contributed by atoms with van der Waals surface area (Å²) in [5.41, 5.74) is 0. The number of aliphatic hydroxyl groups excluding tert-OH is 1. The van der Waals surface area contributed by atoms with Gasteiger partial charge in [0, 0.05) is 12.4 Å². The number of aliphatic hydroxyl groups is 1. The molecule has 0 bridgehead atoms. The molecule has 2 atom stereocenters. The van der Waals surface area contributed by atoms with Gasteiger partial charge in [-0.2, -0.15) is 4.98 Å². The maximum atomic E-state index is 12.0. The van der Waals surface area contributed by atoms with Crippen LogP contribution >= 0.6 is 15.9 Å². The minimum Gasteiger partial charge on any atom is -0.391 e. The molecule has 19 heavy (non-hydrogen) atoms. The van der Waals surface area contributed by atoms with E-state index in [0.29, 0.717) is 12.2 Å². The van der Waals surface area contributed by atoms with Gasteiger partial charge in [0.1, 0.15) is 0 Å². The first-order valence-corrected chi connectivity index (χ1v) is 6.67. The summed E-state index contributed by atoms with van der Waals surface area (Å²) in [4.78, 5) is 20.0. The Morgan fingerprint density at radius 3 is 3.00 bits per heavy atom. The van der Waals surface area contributed by atoms with E-state index in [9.17, 15) is 9.90 Å². The van der Waals surface area contributed by atoms with Crippen molar-refractivity contribution >= 4 is 27.6 Å². The first-order chi connectivity index (χ1) is 9.01. The number of carbonyl (C=O) groups excluding carboxylic acids is 1. The molecule has 0 saturated heterocycles. The van der Waals surface area contributed by atoms with Crippen molar-refractivity contribution < 1.29 is 9.90 Å². The van der Waals surface area contributed by atoms with Crippen LogP contribution in [-0.2, 0) is 0 Å². The van der Waals surface area contributed by atoms with Crippen molar-refractivity contribution in [2.45, 2.75) is 32.4 Å². The first kappa shape index (κ1) is 13.9. The maximum Gasteiger partial charge on any atom is 0.291 e. The van der Waals surface area contributed by atoms with Crippen LogP contribution in [-0.4, -0.2) is 42.7 Å². The van der Waals surface area contributed by atoms with Crippen LogP contribution in [0.25, 0.3) is 5.78 Å². The summed E-state index contributed by atoms with van der Waals surface area (Å²) in [5, 5.41) is 16.2. The number of rotatable bonds is 4. The molecule has 0 aliphatic heterocycles. The highest BCUT2D eigenvalue weighted by molar-refractivity contribution is 9.10. The molecule has 2 aromatic heterocycles. The fourth-order valence-corrected chi connectivity index (χ4v) is 1.95. The van der Waals surface area contributed by atoms with Crippen molar-refractivity contribution in [3.8, 4) is 0 Å². The van der Waals surface area contributed by atoms with E-state index in [4.69, 9.17) is 0 Å². The number of nitrogens with zero attached hydrogens (tertiary/aromatic N) is 4. The van der Waals surface area contributed by atoms with Crippen molar-refractivity contribution in [3.63, 3.8) is 0 Å². The quantitative estimate of drug-likeness (QED) is 0.865. The molecule has 0 saturated carbocycles. The average Bonchev–Trinajstić information content (AvgIpc) is 2.78. The minimum absolute atomic E-state index is 0.0321. The Morgan fingerprint density at radius 2 is 2.37 bits per heavy atom. The van der Waals surface area contributed by atoms with Gasteiger partial charge in [0.25, 0.3) is 11.7 Å². The van der Waals surface area contributed by atoms with E-state index >= 15 is 0 Å². The molecule has 8 heteroatoms. The van der Waals surface area contributed by atoms with Gasteiger partial charge >= 0.3 is 0 Å². The van der Waals surface area contributed by atoms with Gasteiger partial charge in [-0.1, -0.05) is 6.92 Å². The SMILES string of the molecule is CCC(NC(=O)c1nc2ncc(Br)cn2n1)C(C)O. The van der Waals surface area contributed by atoms with Gasteiger partial charge in [-0.3, -0.25) is 4.79 Å². The number of aromatic nitrogens is 4. The normalized spacial score (nSPS) is 14.3. The van der Waals surface area contributed by atoms with Gasteiger partial charge in [-0.15, -0.1) is 5.10 Å². The zero-order valence-corrected chi connectivity index (χ0v) is 12.1. The molecule has 2 unspecified atom stereocenters. The van der Waals surface area contributed by atoms with Crippen LogP contribution in [0.15, 0.2) is 16.9 Å². The maximum absolute atomic E-state index is 12.0. The van der Waals surface area contributed by atoms with Gasteiger partial charge in [0.05, 0.1) is 16.6 Å². The van der Waals surface area contributed by atoms with Gasteiger partial charge in [0.15, 0.2) is 0 Å². The van der Waals surface area contributed by atoms with E-state index in [-0.39, 0.29) is 11.9 Å². The molecule has 0 spiro atoms. The summed E-state index contributed by atoms with van der Waals surface area (Å²) < 4.78 is 2.16. The lowest BCUT2D eigenvalue weighted by Crippen LogP contribution is -2.42. The molecule has 0 fully saturated rings. The number of carbonyl (C=O) groups is 1. The first-order valence-electron chi connectivity index (χ1n) is 5.88. The number of fused-ring (bicyclic) bond motifs is 1. The van der Waals surface area contributed by atoms with Crippen LogP contribution in [0.1, 0.15) is 30.9 Å². The second-order valence-electron chi connectivity index (χ2n) is 4.18. The Kier molecular flexibility index (Phi) is 4.11. The summed E-state index contributed by atoms with van der Waals surface area (Å²) in [5.74, 6) is -0.0440. The summed E-state index contributed by atoms with van der Waals surface area (Å²) in [6.45, 7) is 3.51. The fraction of sp³-hybridized carbons (Fsp3) is 0.455. The lowest BCUT2D eigenvalue weighted by atomic mass is 10.1. The Labute approximate surface area is 118 Å². The van der Waals surface area contributed by atoms with E-state index in [1.807, 2.05) is 6.92 Å². The highest BCUT2D eigenvalue weighted by Gasteiger charge is 2.20. The van der Waals surface area contributed by atoms with E-state index < -0.39 is 12.0 Å². The molecule has 2 aromatic rings. The number of halogens is 1. The third kappa shape index (κ3) is 3.07. The predicted molar refractivity (Wildman–Crippen MR) is 71.7 cm³/mol. The standard InChI is InChI=1S/C11H14BrN5O2/c1-3-8(6(2)18)14-10(19)9-15-11-13-4-7(12)5-17(11)16-9/h4-6,8,18H,3H2,1-2H3,(H,14,19). The van der Waals surface area contributed by atoms with Crippen LogP contribution in [0.4, 0.5) is 0 Å². The van der Waals surface area contributed by atoms with Crippen LogP contribution in [0.2, 0.25) is 0 Å². The van der Waals surface area contributed by atoms with Crippen molar-refractivity contribution in [3.05, 3.63) is 22.7 Å². The molecule has 0 aromatic carbocycles. The van der Waals surface area contributed by atoms with E-state index in [1.165, 1.54) is 4.52 Å². The van der Waals surface area contributed by atoms with Gasteiger partial charge in [-0.25, -0.2) is 9.50 Å². The number of hydrogen-bond donors (Lipinski definition) is 2. The fourth-order valence-electron chi connectivity index (χ4n) is 1.65. The average molecular weight is 328 g/mol. The molecule has 0 radical (unpaired) electrons. The molecule has 0 aliphatic carbocycles. The predicted octanol–water partition coefficient (Wildman–Crippen LogP) is 0.776. The molecule has 7 nitrogen and oxygen atoms in total. The van der Waals surface area contributed by atoms with Crippen LogP contribution in [0.3, 0.4) is 0 Å². The molecule has 1 amide bonds. The van der Waals surface area contributed by atoms with Gasteiger partial charge in [-0.05, 0) is 29.3 Å². The van der Waals surface area contributed by atoms with Crippen LogP contribution in [0, 0.1) is 0 Å². The second kappa shape index (κ2) is 5.62. The van der Waals surface area contributed by atoms with Gasteiger partial charge in [0.2, 0.25) is 5.82 Å². The van der Waals surface area contributed by atoms with E-state index in [1.54, 1.807) is 19.3 Å². The lowest BCUT2D eigenvalue weighted by Gasteiger charge is -2.18. The monoisotopic (exact) mass is 327 g/mol. The van der Waals surface area contributed by atoms with Crippen LogP contribution in [0.5, 0.6) is 0 Å². The third-order valence-electron chi connectivity index (χ3n) is 2.70. The summed E-state index contributed by atoms with van der Waals surface area (Å²) in [6, 6.07) is -0.321. The van der Waals surface area contributed by atoms with Gasteiger partial charge < -0.3 is 10.4 Å². The molecular formula is C11H14BrN5O2. The van der Waals surface area contributed by atoms with E-state index in [2.05, 4.69) is 36.3 Å². The van der Waals surface area contributed by atoms with Crippen molar-refractivity contribution in [2.75, 3.05) is 0 Å². The molecule has 2 rings (SSSR count). The Bertz CT molecular complexity index is 598. The Morgan fingerprint density at radius 1 is 1.63 bits per heavy atom. The number of hydrogen-bond acceptors (Lipinski definition) is 5. The van der Waals surface area contributed by atoms with Crippen molar-refractivity contribution in [1.29, 1.82) is 0 Å². The summed E-state index contributed by atoms with van der Waals surface area (Å²) >= 11 is 3.26. The van der Waals surface area contributed by atoms with Crippen molar-refractivity contribution in [2.24, 2.45) is 0 Å². The highest BCUT2D eigenvalue weighted by atomic mass is 79.9. The summed E-state index contributed by atoms with van der Waals surface area (Å²) in [7, 11) is 0. The zero-order valence-electron chi connectivity index (χ0n) is 10.5. The molecule has 2 N–H and O–H groups in total. The topological polar surface area (TPSA) is 92.4 Å². The smallest absolute Gasteiger partial charge is 0.291 e. The molecular weight excluding hydrogens is 314 g/mol. The van der Waals surface area contributed by atoms with E-state index in [0.717, 1.165) is 4.47 Å². The number of amides is 1. The molecule has 0 aliphatic rings. The third-order valence-corrected chi connectivity index (χ3v) is 3.11. The number of nitrogens with one attached hydrogen (secondary N) is 1. The Balaban J connectivity index is 2.21. The second-order valence-corrected chi connectivity index (χ2v) is 5.10. The zero-order chi connectivity index (χ0) is 14.0. The lowest BCUT2D eigenvalue weighted by molar-refractivity contribution is 0.0845. The summed E-state index contributed by atoms with van der Waals surface area (Å²) in [6.07, 6.45) is 3.24. The van der Waals surface area contributed by atoms with Crippen LogP contribution < -0.4 is 5.32 Å². The minimum atomic E-state index is -0.627. The Hall–Kier alpha value is -1.54.